The van der Waals surface area contributed by atoms with Gasteiger partial charge in [-0.1, -0.05) is 18.2 Å². The van der Waals surface area contributed by atoms with Gasteiger partial charge in [0, 0.05) is 43.8 Å². The third kappa shape index (κ3) is 2.96. The van der Waals surface area contributed by atoms with E-state index in [1.807, 2.05) is 0 Å². The summed E-state index contributed by atoms with van der Waals surface area (Å²) in [5.74, 6) is 0.317. The predicted molar refractivity (Wildman–Crippen MR) is 81.6 cm³/mol. The lowest BCUT2D eigenvalue weighted by Gasteiger charge is -2.42. The van der Waals surface area contributed by atoms with E-state index in [2.05, 4.69) is 46.2 Å². The minimum Gasteiger partial charge on any atom is -0.369 e. The molecule has 0 atom stereocenters. The van der Waals surface area contributed by atoms with Gasteiger partial charge in [0.2, 0.25) is 0 Å². The van der Waals surface area contributed by atoms with Crippen molar-refractivity contribution in [2.24, 2.45) is 5.92 Å². The van der Waals surface area contributed by atoms with Crippen LogP contribution in [0.1, 0.15) is 25.7 Å². The number of hydrogen-bond donors (Lipinski definition) is 0. The van der Waals surface area contributed by atoms with Crippen molar-refractivity contribution in [3.8, 4) is 6.07 Å². The molecule has 3 heteroatoms. The van der Waals surface area contributed by atoms with Crippen LogP contribution in [0, 0.1) is 17.2 Å². The number of hydrogen-bond acceptors (Lipinski definition) is 3. The summed E-state index contributed by atoms with van der Waals surface area (Å²) in [6, 6.07) is 13.9. The van der Waals surface area contributed by atoms with Crippen LogP contribution in [0.15, 0.2) is 30.3 Å². The molecule has 2 fully saturated rings. The SMILES string of the molecule is N#CC1CCC(N2CCN(c3ccccc3)CC2)CC1. The van der Waals surface area contributed by atoms with Crippen LogP contribution in [0.2, 0.25) is 0 Å². The summed E-state index contributed by atoms with van der Waals surface area (Å²) in [7, 11) is 0. The molecule has 1 aliphatic heterocycles. The molecule has 1 heterocycles. The number of nitrogens with zero attached hydrogens (tertiary/aromatic N) is 3. The summed E-state index contributed by atoms with van der Waals surface area (Å²) in [6.07, 6.45) is 4.62. The number of benzene rings is 1. The maximum atomic E-state index is 8.98. The molecule has 1 saturated heterocycles. The van der Waals surface area contributed by atoms with Gasteiger partial charge < -0.3 is 4.90 Å². The van der Waals surface area contributed by atoms with Crippen LogP contribution in [0.5, 0.6) is 0 Å². The van der Waals surface area contributed by atoms with Crippen LogP contribution >= 0.6 is 0 Å². The molecule has 0 spiro atoms. The molecule has 0 radical (unpaired) electrons. The van der Waals surface area contributed by atoms with Crippen molar-refractivity contribution in [1.29, 1.82) is 5.26 Å². The molecular formula is C17H23N3. The van der Waals surface area contributed by atoms with Gasteiger partial charge in [0.05, 0.1) is 6.07 Å². The molecule has 1 aliphatic carbocycles. The molecule has 1 aromatic carbocycles. The molecule has 0 bridgehead atoms. The van der Waals surface area contributed by atoms with Crippen molar-refractivity contribution in [2.45, 2.75) is 31.7 Å². The van der Waals surface area contributed by atoms with Gasteiger partial charge in [-0.3, -0.25) is 4.90 Å². The van der Waals surface area contributed by atoms with Crippen molar-refractivity contribution in [2.75, 3.05) is 31.1 Å². The van der Waals surface area contributed by atoms with Gasteiger partial charge in [-0.25, -0.2) is 0 Å². The smallest absolute Gasteiger partial charge is 0.0655 e. The highest BCUT2D eigenvalue weighted by molar-refractivity contribution is 5.46. The van der Waals surface area contributed by atoms with Crippen molar-refractivity contribution >= 4 is 5.69 Å². The molecule has 2 aliphatic rings. The van der Waals surface area contributed by atoms with Crippen molar-refractivity contribution in [1.82, 2.24) is 4.90 Å². The molecule has 0 N–H and O–H groups in total. The first kappa shape index (κ1) is 13.5. The van der Waals surface area contributed by atoms with Gasteiger partial charge in [0.15, 0.2) is 0 Å². The second-order valence-corrected chi connectivity index (χ2v) is 5.99. The Hall–Kier alpha value is -1.53. The highest BCUT2D eigenvalue weighted by Crippen LogP contribution is 2.28. The van der Waals surface area contributed by atoms with Crippen LogP contribution in [0.4, 0.5) is 5.69 Å². The number of nitriles is 1. The molecule has 3 nitrogen and oxygen atoms in total. The van der Waals surface area contributed by atoms with E-state index in [1.165, 1.54) is 18.5 Å². The largest absolute Gasteiger partial charge is 0.369 e. The van der Waals surface area contributed by atoms with Crippen molar-refractivity contribution < 1.29 is 0 Å². The average Bonchev–Trinajstić information content (AvgIpc) is 2.56. The van der Waals surface area contributed by atoms with E-state index in [1.54, 1.807) is 0 Å². The van der Waals surface area contributed by atoms with Crippen LogP contribution < -0.4 is 4.90 Å². The van der Waals surface area contributed by atoms with E-state index in [0.717, 1.165) is 45.1 Å². The molecule has 3 rings (SSSR count). The van der Waals surface area contributed by atoms with Crippen molar-refractivity contribution in [3.05, 3.63) is 30.3 Å². The number of anilines is 1. The maximum absolute atomic E-state index is 8.98. The molecule has 0 unspecified atom stereocenters. The van der Waals surface area contributed by atoms with E-state index < -0.39 is 0 Å². The Morgan fingerprint density at radius 3 is 2.15 bits per heavy atom. The summed E-state index contributed by atoms with van der Waals surface area (Å²) in [5, 5.41) is 8.98. The molecule has 1 saturated carbocycles. The Morgan fingerprint density at radius 1 is 0.900 bits per heavy atom. The number of rotatable bonds is 2. The van der Waals surface area contributed by atoms with Crippen molar-refractivity contribution in [3.63, 3.8) is 0 Å². The first-order chi connectivity index (χ1) is 9.86. The first-order valence-electron chi connectivity index (χ1n) is 7.80. The zero-order valence-electron chi connectivity index (χ0n) is 12.0. The van der Waals surface area contributed by atoms with Gasteiger partial charge in [0.1, 0.15) is 0 Å². The normalized spacial score (nSPS) is 28.1. The van der Waals surface area contributed by atoms with E-state index in [0.29, 0.717) is 5.92 Å². The molecule has 106 valence electrons. The van der Waals surface area contributed by atoms with Crippen LogP contribution in [0.25, 0.3) is 0 Å². The minimum atomic E-state index is 0.317. The Balaban J connectivity index is 1.51. The second-order valence-electron chi connectivity index (χ2n) is 5.99. The standard InChI is InChI=1S/C17H23N3/c18-14-15-6-8-17(9-7-15)20-12-10-19(11-13-20)16-4-2-1-3-5-16/h1-5,15,17H,6-13H2. The first-order valence-corrected chi connectivity index (χ1v) is 7.80. The van der Waals surface area contributed by atoms with Crippen LogP contribution in [-0.4, -0.2) is 37.1 Å². The third-order valence-corrected chi connectivity index (χ3v) is 4.83. The molecule has 0 aromatic heterocycles. The fourth-order valence-corrected chi connectivity index (χ4v) is 3.55. The monoisotopic (exact) mass is 269 g/mol. The fourth-order valence-electron chi connectivity index (χ4n) is 3.55. The molecule has 1 aromatic rings. The Bertz CT molecular complexity index is 449. The quantitative estimate of drug-likeness (QED) is 0.827. The zero-order chi connectivity index (χ0) is 13.8. The van der Waals surface area contributed by atoms with Gasteiger partial charge in [0.25, 0.3) is 0 Å². The number of para-hydroxylation sites is 1. The second kappa shape index (κ2) is 6.28. The minimum absolute atomic E-state index is 0.317. The highest BCUT2D eigenvalue weighted by Gasteiger charge is 2.28. The van der Waals surface area contributed by atoms with Gasteiger partial charge in [-0.2, -0.15) is 5.26 Å². The Kier molecular flexibility index (Phi) is 4.22. The molecular weight excluding hydrogens is 246 g/mol. The highest BCUT2D eigenvalue weighted by atomic mass is 15.3. The molecule has 20 heavy (non-hydrogen) atoms. The van der Waals surface area contributed by atoms with E-state index in [-0.39, 0.29) is 0 Å². The van der Waals surface area contributed by atoms with Crippen LogP contribution in [0.3, 0.4) is 0 Å². The van der Waals surface area contributed by atoms with E-state index >= 15 is 0 Å². The van der Waals surface area contributed by atoms with Gasteiger partial charge in [-0.05, 0) is 37.8 Å². The summed E-state index contributed by atoms with van der Waals surface area (Å²) < 4.78 is 0. The summed E-state index contributed by atoms with van der Waals surface area (Å²) >= 11 is 0. The summed E-state index contributed by atoms with van der Waals surface area (Å²) in [4.78, 5) is 5.13. The van der Waals surface area contributed by atoms with E-state index in [9.17, 15) is 0 Å². The third-order valence-electron chi connectivity index (χ3n) is 4.83. The Labute approximate surface area is 121 Å². The fraction of sp³-hybridized carbons (Fsp3) is 0.588. The average molecular weight is 269 g/mol. The Morgan fingerprint density at radius 2 is 1.55 bits per heavy atom. The summed E-state index contributed by atoms with van der Waals surface area (Å²) in [5.41, 5.74) is 1.35. The predicted octanol–water partition coefficient (Wildman–Crippen LogP) is 2.89. The topological polar surface area (TPSA) is 30.3 Å². The van der Waals surface area contributed by atoms with Gasteiger partial charge in [-0.15, -0.1) is 0 Å². The van der Waals surface area contributed by atoms with E-state index in [4.69, 9.17) is 5.26 Å². The van der Waals surface area contributed by atoms with Crippen LogP contribution in [-0.2, 0) is 0 Å². The number of piperazine rings is 1. The van der Waals surface area contributed by atoms with Gasteiger partial charge >= 0.3 is 0 Å². The zero-order valence-corrected chi connectivity index (χ0v) is 12.0. The lowest BCUT2D eigenvalue weighted by molar-refractivity contribution is 0.138. The molecule has 0 amide bonds. The maximum Gasteiger partial charge on any atom is 0.0655 e. The lowest BCUT2D eigenvalue weighted by atomic mass is 9.86. The summed E-state index contributed by atoms with van der Waals surface area (Å²) in [6.45, 7) is 4.58. The lowest BCUT2D eigenvalue weighted by Crippen LogP contribution is -2.51.